The number of hydrogen-bond acceptors (Lipinski definition) is 2. The first kappa shape index (κ1) is 18.3. The smallest absolute Gasteiger partial charge is 0.426 e. The number of hydrogen-bond donors (Lipinski definition) is 0. The summed E-state index contributed by atoms with van der Waals surface area (Å²) < 4.78 is 43.6. The molecule has 1 fully saturated rings. The highest BCUT2D eigenvalue weighted by molar-refractivity contribution is 9.10. The lowest BCUT2D eigenvalue weighted by Crippen LogP contribution is -2.11. The van der Waals surface area contributed by atoms with Crippen LogP contribution in [0.15, 0.2) is 39.8 Å². The number of carbonyl (C=O) groups excluding carboxylic acids is 1. The van der Waals surface area contributed by atoms with Crippen molar-refractivity contribution in [2.75, 3.05) is 0 Å². The van der Waals surface area contributed by atoms with Crippen LogP contribution in [0.4, 0.5) is 13.2 Å². The first-order valence-corrected chi connectivity index (χ1v) is 8.07. The van der Waals surface area contributed by atoms with Gasteiger partial charge in [0.15, 0.2) is 0 Å². The summed E-state index contributed by atoms with van der Waals surface area (Å²) in [5.74, 6) is -1.72. The van der Waals surface area contributed by atoms with E-state index in [2.05, 4.69) is 15.9 Å². The minimum Gasteiger partial charge on any atom is -0.461 e. The standard InChI is InChI=1S/C16H15BrClF3O2/c1-15(2)10(7-12(18)16(19,20)21)13(15)14(22)23-8-9-5-3-4-6-11(9)17/h3-7,10,13H,8H2,1-2H3/b12-7-/t10-,13-/m1/s1. The van der Waals surface area contributed by atoms with Gasteiger partial charge in [-0.1, -0.05) is 65.7 Å². The number of benzene rings is 1. The Bertz CT molecular complexity index is 640. The van der Waals surface area contributed by atoms with Crippen molar-refractivity contribution < 1.29 is 22.7 Å². The van der Waals surface area contributed by atoms with Crippen molar-refractivity contribution in [2.24, 2.45) is 17.3 Å². The largest absolute Gasteiger partial charge is 0.461 e. The Kier molecular flexibility index (Phi) is 5.16. The highest BCUT2D eigenvalue weighted by atomic mass is 79.9. The third-order valence-corrected chi connectivity index (χ3v) is 5.20. The molecule has 2 nitrogen and oxygen atoms in total. The highest BCUT2D eigenvalue weighted by Gasteiger charge is 2.62. The molecule has 2 atom stereocenters. The number of allylic oxidation sites excluding steroid dienone is 2. The fourth-order valence-electron chi connectivity index (χ4n) is 2.55. The Hall–Kier alpha value is -1.01. The van der Waals surface area contributed by atoms with E-state index in [9.17, 15) is 18.0 Å². The van der Waals surface area contributed by atoms with Crippen LogP contribution in [0.25, 0.3) is 0 Å². The van der Waals surface area contributed by atoms with Gasteiger partial charge in [0.05, 0.1) is 5.92 Å². The van der Waals surface area contributed by atoms with Crippen LogP contribution in [0.1, 0.15) is 19.4 Å². The van der Waals surface area contributed by atoms with Crippen LogP contribution >= 0.6 is 27.5 Å². The fraction of sp³-hybridized carbons (Fsp3) is 0.438. The van der Waals surface area contributed by atoms with Crippen molar-refractivity contribution in [2.45, 2.75) is 26.6 Å². The van der Waals surface area contributed by atoms with E-state index in [1.54, 1.807) is 19.9 Å². The minimum absolute atomic E-state index is 0.0657. The molecule has 0 bridgehead atoms. The third-order valence-electron chi connectivity index (χ3n) is 4.09. The zero-order valence-corrected chi connectivity index (χ0v) is 14.8. The summed E-state index contributed by atoms with van der Waals surface area (Å²) in [5, 5.41) is -1.20. The summed E-state index contributed by atoms with van der Waals surface area (Å²) >= 11 is 8.61. The van der Waals surface area contributed by atoms with E-state index in [0.717, 1.165) is 16.1 Å². The fourth-order valence-corrected chi connectivity index (χ4v) is 3.08. The summed E-state index contributed by atoms with van der Waals surface area (Å²) in [7, 11) is 0. The molecular formula is C16H15BrClF3O2. The monoisotopic (exact) mass is 410 g/mol. The normalized spacial score (nSPS) is 23.5. The Morgan fingerprint density at radius 1 is 1.39 bits per heavy atom. The third kappa shape index (κ3) is 4.10. The van der Waals surface area contributed by atoms with E-state index < -0.39 is 34.4 Å². The summed E-state index contributed by atoms with van der Waals surface area (Å²) in [6.07, 6.45) is -3.69. The van der Waals surface area contributed by atoms with E-state index in [4.69, 9.17) is 16.3 Å². The number of alkyl halides is 3. The van der Waals surface area contributed by atoms with Crippen LogP contribution in [0, 0.1) is 17.3 Å². The second-order valence-corrected chi connectivity index (χ2v) is 7.30. The quantitative estimate of drug-likeness (QED) is 0.616. The summed E-state index contributed by atoms with van der Waals surface area (Å²) in [5.41, 5.74) is 0.191. The van der Waals surface area contributed by atoms with Gasteiger partial charge < -0.3 is 4.74 Å². The van der Waals surface area contributed by atoms with Crippen molar-refractivity contribution in [3.63, 3.8) is 0 Å². The van der Waals surface area contributed by atoms with Gasteiger partial charge in [-0.15, -0.1) is 0 Å². The van der Waals surface area contributed by atoms with Gasteiger partial charge in [-0.3, -0.25) is 4.79 Å². The molecule has 1 aromatic carbocycles. The maximum absolute atomic E-state index is 12.5. The molecular weight excluding hydrogens is 397 g/mol. The Balaban J connectivity index is 2.02. The topological polar surface area (TPSA) is 26.3 Å². The van der Waals surface area contributed by atoms with Crippen molar-refractivity contribution in [3.05, 3.63) is 45.4 Å². The molecule has 23 heavy (non-hydrogen) atoms. The maximum atomic E-state index is 12.5. The summed E-state index contributed by atoms with van der Waals surface area (Å²) in [6.45, 7) is 3.51. The van der Waals surface area contributed by atoms with Crippen molar-refractivity contribution >= 4 is 33.5 Å². The lowest BCUT2D eigenvalue weighted by Gasteiger charge is -2.07. The molecule has 0 aromatic heterocycles. The molecule has 0 heterocycles. The van der Waals surface area contributed by atoms with Crippen molar-refractivity contribution in [3.8, 4) is 0 Å². The van der Waals surface area contributed by atoms with E-state index in [-0.39, 0.29) is 6.61 Å². The van der Waals surface area contributed by atoms with Crippen LogP contribution in [0.3, 0.4) is 0 Å². The molecule has 7 heteroatoms. The van der Waals surface area contributed by atoms with Crippen LogP contribution in [-0.4, -0.2) is 12.1 Å². The SMILES string of the molecule is CC1(C)[C@H](/C=C(\Cl)C(F)(F)F)[C@@H]1C(=O)OCc1ccccc1Br. The van der Waals surface area contributed by atoms with Gasteiger partial charge in [-0.05, 0) is 17.4 Å². The van der Waals surface area contributed by atoms with Crippen molar-refractivity contribution in [1.29, 1.82) is 0 Å². The molecule has 0 aliphatic heterocycles. The lowest BCUT2D eigenvalue weighted by molar-refractivity contribution is -0.147. The maximum Gasteiger partial charge on any atom is 0.426 e. The summed E-state index contributed by atoms with van der Waals surface area (Å²) in [6, 6.07) is 7.26. The summed E-state index contributed by atoms with van der Waals surface area (Å²) in [4.78, 5) is 12.2. The molecule has 0 unspecified atom stereocenters. The minimum atomic E-state index is -4.59. The number of ether oxygens (including phenoxy) is 1. The molecule has 0 N–H and O–H groups in total. The van der Waals surface area contributed by atoms with Crippen LogP contribution < -0.4 is 0 Å². The average Bonchev–Trinajstić information content (AvgIpc) is 2.97. The van der Waals surface area contributed by atoms with Crippen molar-refractivity contribution in [1.82, 2.24) is 0 Å². The molecule has 1 aliphatic rings. The molecule has 1 aliphatic carbocycles. The molecule has 126 valence electrons. The Morgan fingerprint density at radius 3 is 2.57 bits per heavy atom. The second-order valence-electron chi connectivity index (χ2n) is 6.04. The van der Waals surface area contributed by atoms with E-state index in [1.165, 1.54) is 0 Å². The number of carbonyl (C=O) groups is 1. The van der Waals surface area contributed by atoms with Gasteiger partial charge in [0.2, 0.25) is 0 Å². The van der Waals surface area contributed by atoms with Gasteiger partial charge in [-0.25, -0.2) is 0 Å². The van der Waals surface area contributed by atoms with Crippen LogP contribution in [-0.2, 0) is 16.1 Å². The van der Waals surface area contributed by atoms with E-state index >= 15 is 0 Å². The Morgan fingerprint density at radius 2 is 2.00 bits per heavy atom. The second kappa shape index (κ2) is 6.48. The molecule has 1 aromatic rings. The Labute approximate surface area is 145 Å². The predicted molar refractivity (Wildman–Crippen MR) is 84.7 cm³/mol. The van der Waals surface area contributed by atoms with Gasteiger partial charge >= 0.3 is 12.1 Å². The molecule has 0 amide bonds. The van der Waals surface area contributed by atoms with E-state index in [1.807, 2.05) is 18.2 Å². The van der Waals surface area contributed by atoms with Crippen LogP contribution in [0.5, 0.6) is 0 Å². The van der Waals surface area contributed by atoms with Crippen LogP contribution in [0.2, 0.25) is 0 Å². The number of esters is 1. The van der Waals surface area contributed by atoms with Gasteiger partial charge in [0.1, 0.15) is 11.6 Å². The van der Waals surface area contributed by atoms with Gasteiger partial charge in [0.25, 0.3) is 0 Å². The lowest BCUT2D eigenvalue weighted by atomic mass is 10.1. The van der Waals surface area contributed by atoms with Gasteiger partial charge in [0, 0.05) is 10.0 Å². The molecule has 0 radical (unpaired) electrons. The van der Waals surface area contributed by atoms with E-state index in [0.29, 0.717) is 0 Å². The highest BCUT2D eigenvalue weighted by Crippen LogP contribution is 2.60. The zero-order chi connectivity index (χ0) is 17.4. The average molecular weight is 412 g/mol. The van der Waals surface area contributed by atoms with Gasteiger partial charge in [-0.2, -0.15) is 13.2 Å². The molecule has 0 spiro atoms. The number of halogens is 5. The first-order valence-electron chi connectivity index (χ1n) is 6.89. The molecule has 0 saturated heterocycles. The molecule has 1 saturated carbocycles. The first-order chi connectivity index (χ1) is 10.5. The molecule has 2 rings (SSSR count). The predicted octanol–water partition coefficient (Wildman–Crippen LogP) is 5.45. The number of rotatable bonds is 4. The zero-order valence-electron chi connectivity index (χ0n) is 12.5.